The van der Waals surface area contributed by atoms with Gasteiger partial charge in [-0.1, -0.05) is 45.2 Å². The van der Waals surface area contributed by atoms with Crippen LogP contribution in [0.25, 0.3) is 0 Å². The van der Waals surface area contributed by atoms with Gasteiger partial charge in [0.1, 0.15) is 0 Å². The van der Waals surface area contributed by atoms with Gasteiger partial charge >= 0.3 is 0 Å². The summed E-state index contributed by atoms with van der Waals surface area (Å²) in [6.45, 7) is 11.6. The van der Waals surface area contributed by atoms with E-state index in [1.165, 1.54) is 68.3 Å². The molecule has 0 aromatic rings. The first-order chi connectivity index (χ1) is 8.21. The van der Waals surface area contributed by atoms with E-state index in [1.54, 1.807) is 10.9 Å². The first-order valence-electron chi connectivity index (χ1n) is 7.64. The van der Waals surface area contributed by atoms with Gasteiger partial charge in [-0.3, -0.25) is 0 Å². The van der Waals surface area contributed by atoms with Gasteiger partial charge in [-0.25, -0.2) is 0 Å². The summed E-state index contributed by atoms with van der Waals surface area (Å²) in [7, 11) is 1.25. The molecule has 1 nitrogen and oxygen atoms in total. The lowest BCUT2D eigenvalue weighted by atomic mass is 10.1. The molecular formula is C15H33NSi. The molecule has 2 heteroatoms. The fourth-order valence-electron chi connectivity index (χ4n) is 2.33. The maximum absolute atomic E-state index is 2.63. The van der Waals surface area contributed by atoms with Crippen molar-refractivity contribution in [2.24, 2.45) is 0 Å². The maximum atomic E-state index is 2.63. The Labute approximate surface area is 112 Å². The molecule has 0 saturated heterocycles. The molecule has 0 bridgehead atoms. The Balaban J connectivity index is 4.67. The van der Waals surface area contributed by atoms with Crippen molar-refractivity contribution in [3.8, 4) is 0 Å². The maximum Gasteiger partial charge on any atom is 0.0355 e. The van der Waals surface area contributed by atoms with Gasteiger partial charge in [-0.05, 0) is 32.6 Å². The quantitative estimate of drug-likeness (QED) is 0.538. The minimum Gasteiger partial charge on any atom is -0.375 e. The van der Waals surface area contributed by atoms with Gasteiger partial charge in [-0.15, -0.1) is 0 Å². The van der Waals surface area contributed by atoms with E-state index in [-0.39, 0.29) is 0 Å². The van der Waals surface area contributed by atoms with Crippen molar-refractivity contribution < 1.29 is 0 Å². The summed E-state index contributed by atoms with van der Waals surface area (Å²) < 4.78 is 0. The Kier molecular flexibility index (Phi) is 10.7. The van der Waals surface area contributed by atoms with Crippen molar-refractivity contribution in [2.75, 3.05) is 13.1 Å². The van der Waals surface area contributed by atoms with Crippen LogP contribution in [0.1, 0.15) is 72.6 Å². The number of hydrogen-bond acceptors (Lipinski definition) is 1. The van der Waals surface area contributed by atoms with Gasteiger partial charge in [0.05, 0.1) is 0 Å². The van der Waals surface area contributed by atoms with Gasteiger partial charge in [0.2, 0.25) is 0 Å². The standard InChI is InChI=1S/C15H33NSi/c1-5-9-11-14(15(17)12-10-6-2)16(8-4)13-7-3/h5-13H2,1-4,17H3. The number of unbranched alkanes of at least 4 members (excludes halogenated alkanes) is 2. The Hall–Kier alpha value is -0.243. The van der Waals surface area contributed by atoms with E-state index in [4.69, 9.17) is 0 Å². The molecule has 0 saturated carbocycles. The zero-order valence-electron chi connectivity index (χ0n) is 12.8. The highest BCUT2D eigenvalue weighted by Gasteiger charge is 2.09. The van der Waals surface area contributed by atoms with E-state index in [9.17, 15) is 0 Å². The first kappa shape index (κ1) is 16.8. The molecule has 102 valence electrons. The van der Waals surface area contributed by atoms with Gasteiger partial charge in [-0.2, -0.15) is 0 Å². The van der Waals surface area contributed by atoms with Crippen LogP contribution < -0.4 is 0 Å². The molecule has 0 N–H and O–H groups in total. The van der Waals surface area contributed by atoms with Crippen LogP contribution in [-0.4, -0.2) is 28.2 Å². The summed E-state index contributed by atoms with van der Waals surface area (Å²) in [4.78, 5) is 2.63. The highest BCUT2D eigenvalue weighted by molar-refractivity contribution is 6.21. The molecule has 17 heavy (non-hydrogen) atoms. The summed E-state index contributed by atoms with van der Waals surface area (Å²) >= 11 is 0. The molecule has 0 aliphatic heterocycles. The lowest BCUT2D eigenvalue weighted by Gasteiger charge is -2.28. The van der Waals surface area contributed by atoms with E-state index in [0.717, 1.165) is 0 Å². The Morgan fingerprint density at radius 3 is 1.94 bits per heavy atom. The number of allylic oxidation sites excluding steroid dienone is 2. The summed E-state index contributed by atoms with van der Waals surface area (Å²) in [5.74, 6) is 0. The van der Waals surface area contributed by atoms with Crippen molar-refractivity contribution >= 4 is 10.2 Å². The van der Waals surface area contributed by atoms with E-state index in [1.807, 2.05) is 0 Å². The smallest absolute Gasteiger partial charge is 0.0355 e. The van der Waals surface area contributed by atoms with Crippen LogP contribution in [-0.2, 0) is 0 Å². The van der Waals surface area contributed by atoms with Crippen molar-refractivity contribution in [3.05, 3.63) is 10.9 Å². The van der Waals surface area contributed by atoms with E-state index < -0.39 is 0 Å². The largest absolute Gasteiger partial charge is 0.375 e. The Morgan fingerprint density at radius 1 is 0.882 bits per heavy atom. The summed E-state index contributed by atoms with van der Waals surface area (Å²) in [6.07, 6.45) is 9.30. The summed E-state index contributed by atoms with van der Waals surface area (Å²) in [5.41, 5.74) is 1.70. The predicted molar refractivity (Wildman–Crippen MR) is 83.6 cm³/mol. The molecule has 0 atom stereocenters. The SMILES string of the molecule is CCCCC([SiH3])=C(CCCC)N(CC)CCC. The van der Waals surface area contributed by atoms with E-state index in [0.29, 0.717) is 0 Å². The summed E-state index contributed by atoms with van der Waals surface area (Å²) in [5, 5.41) is 1.77. The van der Waals surface area contributed by atoms with E-state index in [2.05, 4.69) is 32.6 Å². The van der Waals surface area contributed by atoms with Crippen molar-refractivity contribution in [3.63, 3.8) is 0 Å². The lowest BCUT2D eigenvalue weighted by Crippen LogP contribution is -2.25. The minimum atomic E-state index is 1.19. The van der Waals surface area contributed by atoms with Crippen LogP contribution in [0, 0.1) is 0 Å². The van der Waals surface area contributed by atoms with Gasteiger partial charge < -0.3 is 4.90 Å². The highest BCUT2D eigenvalue weighted by Crippen LogP contribution is 2.20. The molecule has 0 rings (SSSR count). The summed E-state index contributed by atoms with van der Waals surface area (Å²) in [6, 6.07) is 0. The minimum absolute atomic E-state index is 1.19. The molecule has 0 spiro atoms. The molecule has 0 radical (unpaired) electrons. The van der Waals surface area contributed by atoms with Crippen LogP contribution in [0.3, 0.4) is 0 Å². The second-order valence-corrected chi connectivity index (χ2v) is 6.22. The van der Waals surface area contributed by atoms with Crippen molar-refractivity contribution in [1.29, 1.82) is 0 Å². The number of nitrogens with zero attached hydrogens (tertiary/aromatic N) is 1. The topological polar surface area (TPSA) is 3.24 Å². The Bertz CT molecular complexity index is 211. The molecule has 0 amide bonds. The zero-order valence-corrected chi connectivity index (χ0v) is 14.8. The molecule has 0 aromatic heterocycles. The van der Waals surface area contributed by atoms with Crippen LogP contribution in [0.5, 0.6) is 0 Å². The third kappa shape index (κ3) is 6.92. The number of hydrogen-bond donors (Lipinski definition) is 0. The average Bonchev–Trinajstić information content (AvgIpc) is 2.35. The fraction of sp³-hybridized carbons (Fsp3) is 0.867. The third-order valence-electron chi connectivity index (χ3n) is 3.42. The van der Waals surface area contributed by atoms with Crippen molar-refractivity contribution in [2.45, 2.75) is 72.6 Å². The van der Waals surface area contributed by atoms with Crippen LogP contribution >= 0.6 is 0 Å². The third-order valence-corrected chi connectivity index (χ3v) is 4.50. The fourth-order valence-corrected chi connectivity index (χ4v) is 3.25. The predicted octanol–water partition coefficient (Wildman–Crippen LogP) is 3.68. The molecule has 0 aliphatic rings. The normalized spacial score (nSPS) is 12.7. The lowest BCUT2D eigenvalue weighted by molar-refractivity contribution is 0.343. The Morgan fingerprint density at radius 2 is 1.47 bits per heavy atom. The van der Waals surface area contributed by atoms with Gasteiger partial charge in [0, 0.05) is 29.0 Å². The molecule has 0 heterocycles. The van der Waals surface area contributed by atoms with Crippen LogP contribution in [0.4, 0.5) is 0 Å². The zero-order chi connectivity index (χ0) is 13.1. The molecule has 0 fully saturated rings. The van der Waals surface area contributed by atoms with E-state index >= 15 is 0 Å². The van der Waals surface area contributed by atoms with Gasteiger partial charge in [0.25, 0.3) is 0 Å². The van der Waals surface area contributed by atoms with Crippen molar-refractivity contribution in [1.82, 2.24) is 4.90 Å². The highest BCUT2D eigenvalue weighted by atomic mass is 28.1. The van der Waals surface area contributed by atoms with Crippen LogP contribution in [0.2, 0.25) is 0 Å². The number of rotatable bonds is 10. The van der Waals surface area contributed by atoms with Crippen LogP contribution in [0.15, 0.2) is 10.9 Å². The second-order valence-electron chi connectivity index (χ2n) is 5.01. The molecule has 0 unspecified atom stereocenters. The monoisotopic (exact) mass is 255 g/mol. The average molecular weight is 256 g/mol. The molecular weight excluding hydrogens is 222 g/mol. The molecule has 0 aliphatic carbocycles. The first-order valence-corrected chi connectivity index (χ1v) is 8.64. The molecule has 0 aromatic carbocycles. The van der Waals surface area contributed by atoms with Gasteiger partial charge in [0.15, 0.2) is 0 Å². The second kappa shape index (κ2) is 10.9.